The highest BCUT2D eigenvalue weighted by atomic mass is 79.9. The van der Waals surface area contributed by atoms with Crippen LogP contribution in [0.2, 0.25) is 0 Å². The van der Waals surface area contributed by atoms with E-state index >= 15 is 0 Å². The Morgan fingerprint density at radius 2 is 1.68 bits per heavy atom. The van der Waals surface area contributed by atoms with E-state index in [2.05, 4.69) is 15.9 Å². The van der Waals surface area contributed by atoms with E-state index in [9.17, 15) is 39.6 Å². The van der Waals surface area contributed by atoms with E-state index in [0.717, 1.165) is 18.2 Å². The molecule has 0 radical (unpaired) electrons. The monoisotopic (exact) mass is 530 g/mol. The molecule has 0 spiro atoms. The van der Waals surface area contributed by atoms with E-state index in [0.29, 0.717) is 16.5 Å². The third kappa shape index (κ3) is 5.32. The molecule has 0 fully saturated rings. The standard InChI is InChI=1S/C18H13BrF6N2O3S/c19-13-6-12(17(20,21)22)7-14(8-13)26-31(29,30)15-2-1-10-3-4-27(9-11(10)5-15)16(28)18(23,24)25/h1-2,5-8,26H,3-4,9H2. The maximum atomic E-state index is 13.0. The summed E-state index contributed by atoms with van der Waals surface area (Å²) in [7, 11) is -4.36. The average Bonchev–Trinajstić information content (AvgIpc) is 2.64. The number of halogens is 7. The molecule has 1 N–H and O–H groups in total. The maximum Gasteiger partial charge on any atom is 0.471 e. The summed E-state index contributed by atoms with van der Waals surface area (Å²) in [4.78, 5) is 11.7. The lowest BCUT2D eigenvalue weighted by Gasteiger charge is -2.29. The zero-order chi connectivity index (χ0) is 23.2. The van der Waals surface area contributed by atoms with Crippen LogP contribution in [0.3, 0.4) is 0 Å². The molecule has 168 valence electrons. The van der Waals surface area contributed by atoms with Crippen molar-refractivity contribution in [3.63, 3.8) is 0 Å². The number of alkyl halides is 6. The maximum absolute atomic E-state index is 13.0. The molecular weight excluding hydrogens is 518 g/mol. The van der Waals surface area contributed by atoms with Crippen LogP contribution in [-0.2, 0) is 34.0 Å². The van der Waals surface area contributed by atoms with Crippen molar-refractivity contribution in [3.8, 4) is 0 Å². The van der Waals surface area contributed by atoms with Crippen molar-refractivity contribution in [1.82, 2.24) is 4.90 Å². The fourth-order valence-corrected chi connectivity index (χ4v) is 4.66. The first-order valence-electron chi connectivity index (χ1n) is 8.55. The fourth-order valence-electron chi connectivity index (χ4n) is 3.08. The molecule has 0 atom stereocenters. The van der Waals surface area contributed by atoms with Crippen LogP contribution >= 0.6 is 15.9 Å². The van der Waals surface area contributed by atoms with Crippen LogP contribution in [0.4, 0.5) is 32.0 Å². The van der Waals surface area contributed by atoms with Crippen LogP contribution in [0, 0.1) is 0 Å². The highest BCUT2D eigenvalue weighted by Crippen LogP contribution is 2.34. The number of carbonyl (C=O) groups excluding carboxylic acids is 1. The first kappa shape index (κ1) is 23.4. The van der Waals surface area contributed by atoms with Gasteiger partial charge in [-0.1, -0.05) is 22.0 Å². The van der Waals surface area contributed by atoms with Gasteiger partial charge in [0.05, 0.1) is 16.1 Å². The molecule has 13 heteroatoms. The predicted molar refractivity (Wildman–Crippen MR) is 102 cm³/mol. The summed E-state index contributed by atoms with van der Waals surface area (Å²) in [5.41, 5.74) is -0.649. The highest BCUT2D eigenvalue weighted by Gasteiger charge is 2.43. The molecule has 0 saturated heterocycles. The second-order valence-corrected chi connectivity index (χ2v) is 9.33. The van der Waals surface area contributed by atoms with Crippen molar-refractivity contribution in [2.75, 3.05) is 11.3 Å². The van der Waals surface area contributed by atoms with E-state index in [1.54, 1.807) is 0 Å². The summed E-state index contributed by atoms with van der Waals surface area (Å²) in [5.74, 6) is -2.03. The molecule has 1 aliphatic heterocycles. The second kappa shape index (κ2) is 8.01. The van der Waals surface area contributed by atoms with Crippen LogP contribution in [-0.4, -0.2) is 31.9 Å². The molecule has 1 aliphatic rings. The third-order valence-corrected chi connectivity index (χ3v) is 6.34. The number of benzene rings is 2. The molecule has 31 heavy (non-hydrogen) atoms. The van der Waals surface area contributed by atoms with Gasteiger partial charge in [0.15, 0.2) is 0 Å². The van der Waals surface area contributed by atoms with E-state index in [-0.39, 0.29) is 33.6 Å². The van der Waals surface area contributed by atoms with Gasteiger partial charge in [0.25, 0.3) is 10.0 Å². The van der Waals surface area contributed by atoms with Gasteiger partial charge in [-0.25, -0.2) is 8.42 Å². The number of nitrogens with zero attached hydrogens (tertiary/aromatic N) is 1. The molecular formula is C18H13BrF6N2O3S. The lowest BCUT2D eigenvalue weighted by Crippen LogP contribution is -2.43. The zero-order valence-electron chi connectivity index (χ0n) is 15.3. The van der Waals surface area contributed by atoms with Crippen LogP contribution in [0.15, 0.2) is 45.8 Å². The summed E-state index contributed by atoms with van der Waals surface area (Å²) < 4.78 is 104. The molecule has 3 rings (SSSR count). The van der Waals surface area contributed by atoms with Gasteiger partial charge >= 0.3 is 18.3 Å². The van der Waals surface area contributed by atoms with Gasteiger partial charge < -0.3 is 4.90 Å². The Labute approximate surface area is 181 Å². The second-order valence-electron chi connectivity index (χ2n) is 6.74. The Kier molecular flexibility index (Phi) is 6.04. The number of amides is 1. The Morgan fingerprint density at radius 1 is 1.00 bits per heavy atom. The Bertz CT molecular complexity index is 1130. The molecule has 5 nitrogen and oxygen atoms in total. The molecule has 0 saturated carbocycles. The minimum Gasteiger partial charge on any atom is -0.330 e. The first-order chi connectivity index (χ1) is 14.2. The first-order valence-corrected chi connectivity index (χ1v) is 10.8. The molecule has 1 heterocycles. The summed E-state index contributed by atoms with van der Waals surface area (Å²) >= 11 is 2.89. The van der Waals surface area contributed by atoms with Crippen LogP contribution in [0.25, 0.3) is 0 Å². The number of nitrogens with one attached hydrogen (secondary N) is 1. The van der Waals surface area contributed by atoms with Gasteiger partial charge in [-0.2, -0.15) is 26.3 Å². The Balaban J connectivity index is 1.89. The summed E-state index contributed by atoms with van der Waals surface area (Å²) in [6.07, 6.45) is -9.66. The van der Waals surface area contributed by atoms with Gasteiger partial charge in [0.2, 0.25) is 0 Å². The molecule has 0 aliphatic carbocycles. The van der Waals surface area contributed by atoms with Gasteiger partial charge in [0, 0.05) is 17.6 Å². The van der Waals surface area contributed by atoms with Gasteiger partial charge in [-0.15, -0.1) is 0 Å². The number of hydrogen-bond donors (Lipinski definition) is 1. The molecule has 0 bridgehead atoms. The Hall–Kier alpha value is -2.28. The molecule has 0 aromatic heterocycles. The lowest BCUT2D eigenvalue weighted by atomic mass is 10.00. The van der Waals surface area contributed by atoms with Crippen LogP contribution in [0.1, 0.15) is 16.7 Å². The van der Waals surface area contributed by atoms with E-state index < -0.39 is 40.4 Å². The molecule has 2 aromatic rings. The highest BCUT2D eigenvalue weighted by molar-refractivity contribution is 9.10. The minimum atomic E-state index is -5.06. The summed E-state index contributed by atoms with van der Waals surface area (Å²) in [6, 6.07) is 6.24. The topological polar surface area (TPSA) is 66.5 Å². The quantitative estimate of drug-likeness (QED) is 0.584. The zero-order valence-corrected chi connectivity index (χ0v) is 17.7. The van der Waals surface area contributed by atoms with E-state index in [1.165, 1.54) is 12.1 Å². The minimum absolute atomic E-state index is 0.00762. The van der Waals surface area contributed by atoms with Crippen molar-refractivity contribution >= 4 is 37.5 Å². The normalized spacial score (nSPS) is 14.9. The molecule has 2 aromatic carbocycles. The van der Waals surface area contributed by atoms with E-state index in [4.69, 9.17) is 0 Å². The van der Waals surface area contributed by atoms with Crippen molar-refractivity contribution in [2.24, 2.45) is 0 Å². The summed E-state index contributed by atoms with van der Waals surface area (Å²) in [6.45, 7) is -0.611. The number of rotatable bonds is 3. The van der Waals surface area contributed by atoms with Crippen molar-refractivity contribution < 1.29 is 39.6 Å². The number of fused-ring (bicyclic) bond motifs is 1. The van der Waals surface area contributed by atoms with Crippen LogP contribution in [0.5, 0.6) is 0 Å². The van der Waals surface area contributed by atoms with Crippen molar-refractivity contribution in [1.29, 1.82) is 0 Å². The van der Waals surface area contributed by atoms with Crippen molar-refractivity contribution in [2.45, 2.75) is 30.2 Å². The third-order valence-electron chi connectivity index (χ3n) is 4.51. The lowest BCUT2D eigenvalue weighted by molar-refractivity contribution is -0.186. The molecule has 0 unspecified atom stereocenters. The van der Waals surface area contributed by atoms with E-state index in [1.807, 2.05) is 4.72 Å². The number of carbonyl (C=O) groups is 1. The Morgan fingerprint density at radius 3 is 2.29 bits per heavy atom. The average molecular weight is 531 g/mol. The summed E-state index contributed by atoms with van der Waals surface area (Å²) in [5, 5.41) is 0. The predicted octanol–water partition coefficient (Wildman–Crippen LogP) is 4.72. The number of hydrogen-bond acceptors (Lipinski definition) is 3. The SMILES string of the molecule is O=C(N1CCc2ccc(S(=O)(=O)Nc3cc(Br)cc(C(F)(F)F)c3)cc2C1)C(F)(F)F. The van der Waals surface area contributed by atoms with Gasteiger partial charge in [0.1, 0.15) is 0 Å². The fraction of sp³-hybridized carbons (Fsp3) is 0.278. The van der Waals surface area contributed by atoms with Gasteiger partial charge in [-0.05, 0) is 47.9 Å². The smallest absolute Gasteiger partial charge is 0.330 e. The van der Waals surface area contributed by atoms with Crippen molar-refractivity contribution in [3.05, 3.63) is 57.6 Å². The van der Waals surface area contributed by atoms with Gasteiger partial charge in [-0.3, -0.25) is 9.52 Å². The number of anilines is 1. The molecule has 1 amide bonds. The largest absolute Gasteiger partial charge is 0.471 e. The van der Waals surface area contributed by atoms with Crippen LogP contribution < -0.4 is 4.72 Å². The number of sulfonamides is 1.